The first-order valence-corrected chi connectivity index (χ1v) is 12.0. The quantitative estimate of drug-likeness (QED) is 0.439. The van der Waals surface area contributed by atoms with Crippen LogP contribution in [0, 0.1) is 0 Å². The molecule has 0 atom stereocenters. The molecule has 2 aromatic heterocycles. The molecule has 0 unspecified atom stereocenters. The predicted octanol–water partition coefficient (Wildman–Crippen LogP) is 0.633. The van der Waals surface area contributed by atoms with Gasteiger partial charge in [0.25, 0.3) is 0 Å². The highest BCUT2D eigenvalue weighted by Gasteiger charge is 2.38. The maximum absolute atomic E-state index is 13.1. The number of nitrogens with one attached hydrogen (secondary N) is 2. The summed E-state index contributed by atoms with van der Waals surface area (Å²) in [6, 6.07) is 4.48. The summed E-state index contributed by atoms with van der Waals surface area (Å²) in [5.41, 5.74) is 8.01. The minimum Gasteiger partial charge on any atom is -0.369 e. The van der Waals surface area contributed by atoms with Crippen LogP contribution >= 0.6 is 0 Å². The van der Waals surface area contributed by atoms with Gasteiger partial charge in [0.2, 0.25) is 10.0 Å². The number of aromatic nitrogens is 3. The van der Waals surface area contributed by atoms with Crippen molar-refractivity contribution >= 4 is 42.5 Å². The predicted molar refractivity (Wildman–Crippen MR) is 114 cm³/mol. The Morgan fingerprint density at radius 1 is 1.17 bits per heavy atom. The third-order valence-electron chi connectivity index (χ3n) is 5.02. The summed E-state index contributed by atoms with van der Waals surface area (Å²) in [5, 5.41) is 7.68. The van der Waals surface area contributed by atoms with Crippen molar-refractivity contribution in [2.75, 3.05) is 18.8 Å². The largest absolute Gasteiger partial charge is 0.369 e. The Hall–Kier alpha value is -2.80. The molecule has 1 aromatic carbocycles. The number of anilines is 1. The summed E-state index contributed by atoms with van der Waals surface area (Å²) in [6.45, 7) is 5.96. The van der Waals surface area contributed by atoms with E-state index >= 15 is 0 Å². The number of pyridine rings is 1. The third-order valence-corrected chi connectivity index (χ3v) is 8.31. The fourth-order valence-corrected chi connectivity index (χ4v) is 6.80. The number of imidazole rings is 1. The van der Waals surface area contributed by atoms with Gasteiger partial charge >= 0.3 is 0 Å². The first-order chi connectivity index (χ1) is 14.0. The topological polar surface area (TPSA) is 174 Å². The Kier molecular flexibility index (Phi) is 4.69. The fraction of sp³-hybridized carbons (Fsp3) is 0.222. The van der Waals surface area contributed by atoms with E-state index in [1.165, 1.54) is 12.3 Å². The van der Waals surface area contributed by atoms with E-state index < -0.39 is 30.0 Å². The Morgan fingerprint density at radius 3 is 2.43 bits per heavy atom. The summed E-state index contributed by atoms with van der Waals surface area (Å²) in [7, 11) is -8.34. The van der Waals surface area contributed by atoms with Crippen molar-refractivity contribution in [2.24, 2.45) is 5.14 Å². The van der Waals surface area contributed by atoms with E-state index in [1.807, 2.05) is 0 Å². The molecule has 0 bridgehead atoms. The average molecular weight is 449 g/mol. The smallest absolute Gasteiger partial charge is 0.239 e. The summed E-state index contributed by atoms with van der Waals surface area (Å²) in [4.78, 5) is 10.3. The van der Waals surface area contributed by atoms with Gasteiger partial charge in [-0.05, 0) is 30.2 Å². The second-order valence-corrected chi connectivity index (χ2v) is 10.8. The zero-order chi connectivity index (χ0) is 21.8. The van der Waals surface area contributed by atoms with E-state index in [4.69, 9.17) is 10.9 Å². The lowest BCUT2D eigenvalue weighted by Crippen LogP contribution is -2.51. The van der Waals surface area contributed by atoms with Gasteiger partial charge in [0.1, 0.15) is 4.90 Å². The van der Waals surface area contributed by atoms with Crippen molar-refractivity contribution in [2.45, 2.75) is 22.0 Å². The van der Waals surface area contributed by atoms with Gasteiger partial charge in [-0.3, -0.25) is 0 Å². The Labute approximate surface area is 173 Å². The number of hydrogen-bond acceptors (Lipinski definition) is 8. The summed E-state index contributed by atoms with van der Waals surface area (Å²) in [6.07, 6.45) is 1.50. The molecular weight excluding hydrogens is 428 g/mol. The minimum absolute atomic E-state index is 0.131. The summed E-state index contributed by atoms with van der Waals surface area (Å²) < 4.78 is 51.4. The van der Waals surface area contributed by atoms with Crippen molar-refractivity contribution in [3.05, 3.63) is 36.5 Å². The number of fused-ring (bicyclic) bond motifs is 1. The molecule has 1 saturated heterocycles. The van der Waals surface area contributed by atoms with Crippen LogP contribution < -0.4 is 16.2 Å². The fourth-order valence-electron chi connectivity index (χ4n) is 3.53. The second kappa shape index (κ2) is 6.87. The number of sulfone groups is 1. The molecule has 158 valence electrons. The third kappa shape index (κ3) is 3.17. The van der Waals surface area contributed by atoms with Crippen LogP contribution in [0.3, 0.4) is 0 Å². The molecule has 0 amide bonds. The van der Waals surface area contributed by atoms with Gasteiger partial charge < -0.3 is 16.0 Å². The van der Waals surface area contributed by atoms with Crippen molar-refractivity contribution < 1.29 is 16.8 Å². The lowest BCUT2D eigenvalue weighted by atomic mass is 9.95. The van der Waals surface area contributed by atoms with Crippen LogP contribution in [0.1, 0.15) is 12.5 Å². The SMILES string of the molecule is C=C(C)c1c(-c2ccnc3nc(N)[nH]c23)ccc(S(=O)(=O)C2CNC2)c1S(N)(=O)=O. The number of H-pyrrole nitrogens is 1. The van der Waals surface area contributed by atoms with Gasteiger partial charge in [-0.25, -0.2) is 27.0 Å². The first kappa shape index (κ1) is 20.5. The molecule has 0 radical (unpaired) electrons. The molecule has 1 aliphatic rings. The molecule has 3 heterocycles. The molecular formula is C18H20N6O4S2. The number of aromatic amines is 1. The maximum atomic E-state index is 13.1. The zero-order valence-corrected chi connectivity index (χ0v) is 17.6. The van der Waals surface area contributed by atoms with Crippen LogP contribution in [-0.4, -0.2) is 50.1 Å². The number of nitrogen functional groups attached to an aromatic ring is 1. The van der Waals surface area contributed by atoms with Crippen LogP contribution in [0.4, 0.5) is 5.95 Å². The number of primary sulfonamides is 1. The molecule has 0 saturated carbocycles. The van der Waals surface area contributed by atoms with Gasteiger partial charge in [0.15, 0.2) is 21.4 Å². The molecule has 4 rings (SSSR count). The van der Waals surface area contributed by atoms with Gasteiger partial charge in [0.05, 0.1) is 15.7 Å². The Morgan fingerprint density at radius 2 is 1.87 bits per heavy atom. The van der Waals surface area contributed by atoms with Gasteiger partial charge in [0, 0.05) is 30.4 Å². The number of hydrogen-bond donors (Lipinski definition) is 4. The van der Waals surface area contributed by atoms with Crippen LogP contribution in [0.2, 0.25) is 0 Å². The molecule has 0 aliphatic carbocycles. The molecule has 1 aliphatic heterocycles. The molecule has 30 heavy (non-hydrogen) atoms. The molecule has 0 spiro atoms. The molecule has 3 aromatic rings. The Balaban J connectivity index is 2.11. The number of sulfonamides is 1. The van der Waals surface area contributed by atoms with Crippen LogP contribution in [0.15, 0.2) is 40.8 Å². The standard InChI is InChI=1S/C18H20N6O4S2/c1-9(2)14-11(12-5-6-22-17-15(12)23-18(19)24-17)3-4-13(16(14)30(20,27)28)29(25,26)10-7-21-8-10/h3-6,10,21H,1,7-8H2,2H3,(H2,20,27,28)(H3,19,22,23,24). The highest BCUT2D eigenvalue weighted by atomic mass is 32.2. The average Bonchev–Trinajstić information content (AvgIpc) is 2.97. The van der Waals surface area contributed by atoms with Crippen molar-refractivity contribution in [3.63, 3.8) is 0 Å². The molecule has 12 heteroatoms. The number of nitrogens with two attached hydrogens (primary N) is 2. The number of allylic oxidation sites excluding steroid dienone is 1. The van der Waals surface area contributed by atoms with E-state index in [9.17, 15) is 16.8 Å². The monoisotopic (exact) mass is 448 g/mol. The van der Waals surface area contributed by atoms with E-state index in [1.54, 1.807) is 19.1 Å². The number of benzene rings is 1. The van der Waals surface area contributed by atoms with Gasteiger partial charge in [-0.2, -0.15) is 4.98 Å². The molecule has 1 fully saturated rings. The van der Waals surface area contributed by atoms with E-state index in [0.717, 1.165) is 0 Å². The van der Waals surface area contributed by atoms with Gasteiger partial charge in [-0.15, -0.1) is 0 Å². The van der Waals surface area contributed by atoms with E-state index in [2.05, 4.69) is 26.8 Å². The minimum atomic E-state index is -4.42. The van der Waals surface area contributed by atoms with Crippen LogP contribution in [-0.2, 0) is 19.9 Å². The van der Waals surface area contributed by atoms with Crippen molar-refractivity contribution in [3.8, 4) is 11.1 Å². The lowest BCUT2D eigenvalue weighted by molar-refractivity contribution is 0.493. The molecule has 6 N–H and O–H groups in total. The maximum Gasteiger partial charge on any atom is 0.239 e. The zero-order valence-electron chi connectivity index (χ0n) is 16.0. The van der Waals surface area contributed by atoms with Crippen molar-refractivity contribution in [1.29, 1.82) is 0 Å². The molecule has 10 nitrogen and oxygen atoms in total. The number of rotatable bonds is 5. The van der Waals surface area contributed by atoms with Crippen LogP contribution in [0.5, 0.6) is 0 Å². The highest BCUT2D eigenvalue weighted by Crippen LogP contribution is 2.39. The Bertz CT molecular complexity index is 1410. The van der Waals surface area contributed by atoms with E-state index in [0.29, 0.717) is 27.9 Å². The van der Waals surface area contributed by atoms with Crippen molar-refractivity contribution in [1.82, 2.24) is 20.3 Å². The van der Waals surface area contributed by atoms with E-state index in [-0.39, 0.29) is 29.5 Å². The second-order valence-electron chi connectivity index (χ2n) is 7.15. The lowest BCUT2D eigenvalue weighted by Gasteiger charge is -2.28. The highest BCUT2D eigenvalue weighted by molar-refractivity contribution is 7.94. The van der Waals surface area contributed by atoms with Crippen LogP contribution in [0.25, 0.3) is 27.9 Å². The summed E-state index contributed by atoms with van der Waals surface area (Å²) in [5.74, 6) is 0.144. The number of nitrogens with zero attached hydrogens (tertiary/aromatic N) is 2. The van der Waals surface area contributed by atoms with Gasteiger partial charge in [-0.1, -0.05) is 12.6 Å². The normalized spacial score (nSPS) is 15.3. The summed E-state index contributed by atoms with van der Waals surface area (Å²) >= 11 is 0. The first-order valence-electron chi connectivity index (χ1n) is 8.92.